The number of esters is 1. The van der Waals surface area contributed by atoms with Crippen molar-refractivity contribution in [3.05, 3.63) is 35.8 Å². The first-order valence-corrected chi connectivity index (χ1v) is 10.8. The van der Waals surface area contributed by atoms with Crippen LogP contribution in [0.2, 0.25) is 0 Å². The smallest absolute Gasteiger partial charge is 0.306 e. The summed E-state index contributed by atoms with van der Waals surface area (Å²) in [5.74, 6) is -0.544. The van der Waals surface area contributed by atoms with Crippen LogP contribution in [0.3, 0.4) is 0 Å². The number of carboxylic acid groups (broad SMARTS) is 1. The van der Waals surface area contributed by atoms with Gasteiger partial charge in [-0.15, -0.1) is 0 Å². The number of ether oxygens (including phenoxy) is 1. The number of aliphatic carboxylic acids is 1. The summed E-state index contributed by atoms with van der Waals surface area (Å²) in [6.07, 6.45) is 12.1. The van der Waals surface area contributed by atoms with Crippen molar-refractivity contribution in [1.29, 1.82) is 0 Å². The number of carboxylic acids is 1. The molecule has 0 spiro atoms. The Labute approximate surface area is 173 Å². The molecular formula is C24H34O5. The van der Waals surface area contributed by atoms with E-state index < -0.39 is 11.9 Å². The third-order valence-corrected chi connectivity index (χ3v) is 7.84. The summed E-state index contributed by atoms with van der Waals surface area (Å²) in [7, 11) is 0. The summed E-state index contributed by atoms with van der Waals surface area (Å²) in [4.78, 5) is 22.7. The van der Waals surface area contributed by atoms with Gasteiger partial charge in [0.1, 0.15) is 0 Å². The van der Waals surface area contributed by atoms with Crippen LogP contribution >= 0.6 is 0 Å². The minimum absolute atomic E-state index is 0.0485. The predicted octanol–water partition coefficient (Wildman–Crippen LogP) is 5.40. The van der Waals surface area contributed by atoms with E-state index in [4.69, 9.17) is 14.3 Å². The zero-order chi connectivity index (χ0) is 21.1. The lowest BCUT2D eigenvalue weighted by atomic mass is 9.46. The highest BCUT2D eigenvalue weighted by Gasteiger charge is 2.54. The first-order valence-electron chi connectivity index (χ1n) is 10.8. The third kappa shape index (κ3) is 4.59. The van der Waals surface area contributed by atoms with E-state index in [1.54, 1.807) is 6.26 Å². The molecule has 1 aromatic heterocycles. The normalized spacial score (nSPS) is 31.6. The topological polar surface area (TPSA) is 76.7 Å². The highest BCUT2D eigenvalue weighted by atomic mass is 16.5. The van der Waals surface area contributed by atoms with Crippen molar-refractivity contribution in [2.45, 2.75) is 72.1 Å². The molecule has 0 amide bonds. The second kappa shape index (κ2) is 8.76. The van der Waals surface area contributed by atoms with E-state index in [-0.39, 0.29) is 29.6 Å². The average Bonchev–Trinajstić information content (AvgIpc) is 3.20. The Morgan fingerprint density at radius 3 is 2.76 bits per heavy atom. The second-order valence-corrected chi connectivity index (χ2v) is 9.38. The summed E-state index contributed by atoms with van der Waals surface area (Å²) >= 11 is 0. The molecule has 0 aliphatic heterocycles. The fourth-order valence-electron chi connectivity index (χ4n) is 5.79. The van der Waals surface area contributed by atoms with Crippen molar-refractivity contribution in [2.24, 2.45) is 22.7 Å². The number of rotatable bonds is 8. The van der Waals surface area contributed by atoms with Gasteiger partial charge in [-0.25, -0.2) is 0 Å². The third-order valence-electron chi connectivity index (χ3n) is 7.84. The van der Waals surface area contributed by atoms with Gasteiger partial charge >= 0.3 is 11.9 Å². The number of hydrogen-bond donors (Lipinski definition) is 1. The Bertz CT molecular complexity index is 749. The van der Waals surface area contributed by atoms with Crippen LogP contribution in [0.5, 0.6) is 0 Å². The van der Waals surface area contributed by atoms with Gasteiger partial charge in [0.05, 0.1) is 32.0 Å². The Balaban J connectivity index is 1.76. The molecule has 1 aromatic rings. The van der Waals surface area contributed by atoms with E-state index in [1.807, 2.05) is 12.3 Å². The second-order valence-electron chi connectivity index (χ2n) is 9.38. The van der Waals surface area contributed by atoms with Gasteiger partial charge in [0.2, 0.25) is 0 Å². The molecule has 1 heterocycles. The van der Waals surface area contributed by atoms with E-state index in [1.165, 1.54) is 17.6 Å². The zero-order valence-electron chi connectivity index (χ0n) is 17.9. The van der Waals surface area contributed by atoms with Gasteiger partial charge in [-0.2, -0.15) is 0 Å². The van der Waals surface area contributed by atoms with Gasteiger partial charge in [-0.05, 0) is 79.7 Å². The molecule has 0 aromatic carbocycles. The molecule has 0 radical (unpaired) electrons. The van der Waals surface area contributed by atoms with Crippen molar-refractivity contribution in [3.63, 3.8) is 0 Å². The molecule has 4 unspecified atom stereocenters. The molecule has 4 atom stereocenters. The highest BCUT2D eigenvalue weighted by molar-refractivity contribution is 5.76. The van der Waals surface area contributed by atoms with E-state index >= 15 is 0 Å². The van der Waals surface area contributed by atoms with Crippen molar-refractivity contribution < 1.29 is 23.8 Å². The van der Waals surface area contributed by atoms with Crippen LogP contribution in [-0.4, -0.2) is 23.7 Å². The standard InChI is InChI=1S/C24H34O5/c1-17-5-4-6-20-23(17,2)13-10-19(16-29-22(27)8-7-21(25)26)24(20,3)12-9-18-11-14-28-15-18/h5,11,14-15,19-20H,4,6-10,12-13,16H2,1-3H3,(H,25,26). The Kier molecular flexibility index (Phi) is 6.55. The lowest BCUT2D eigenvalue weighted by Crippen LogP contribution is -2.51. The van der Waals surface area contributed by atoms with Crippen molar-refractivity contribution >= 4 is 11.9 Å². The van der Waals surface area contributed by atoms with Gasteiger partial charge in [-0.1, -0.05) is 25.5 Å². The quantitative estimate of drug-likeness (QED) is 0.465. The van der Waals surface area contributed by atoms with E-state index in [9.17, 15) is 9.59 Å². The average molecular weight is 403 g/mol. The molecule has 0 bridgehead atoms. The van der Waals surface area contributed by atoms with Crippen LogP contribution in [0.15, 0.2) is 34.7 Å². The first kappa shape index (κ1) is 21.7. The number of furan rings is 1. The number of carbonyl (C=O) groups excluding carboxylic acids is 1. The SMILES string of the molecule is CC1=CCCC2C1(C)CCC(COC(=O)CCC(=O)O)C2(C)CCc1ccoc1. The van der Waals surface area contributed by atoms with Crippen LogP contribution in [0.25, 0.3) is 0 Å². The summed E-state index contributed by atoms with van der Waals surface area (Å²) in [6, 6.07) is 2.03. The summed E-state index contributed by atoms with van der Waals surface area (Å²) in [5.41, 5.74) is 2.96. The monoisotopic (exact) mass is 402 g/mol. The van der Waals surface area contributed by atoms with Gasteiger partial charge in [-0.3, -0.25) is 9.59 Å². The molecule has 5 heteroatoms. The molecule has 1 saturated carbocycles. The molecule has 160 valence electrons. The Morgan fingerprint density at radius 2 is 2.07 bits per heavy atom. The molecule has 0 saturated heterocycles. The first-order chi connectivity index (χ1) is 13.8. The Morgan fingerprint density at radius 1 is 1.28 bits per heavy atom. The van der Waals surface area contributed by atoms with Crippen LogP contribution < -0.4 is 0 Å². The summed E-state index contributed by atoms with van der Waals surface area (Å²) < 4.78 is 10.8. The molecule has 5 nitrogen and oxygen atoms in total. The van der Waals surface area contributed by atoms with E-state index in [0.717, 1.165) is 32.1 Å². The maximum Gasteiger partial charge on any atom is 0.306 e. The summed E-state index contributed by atoms with van der Waals surface area (Å²) in [5, 5.41) is 8.78. The fraction of sp³-hybridized carbons (Fsp3) is 0.667. The molecule has 1 fully saturated rings. The van der Waals surface area contributed by atoms with Crippen LogP contribution in [0.4, 0.5) is 0 Å². The van der Waals surface area contributed by atoms with Crippen molar-refractivity contribution in [3.8, 4) is 0 Å². The lowest BCUT2D eigenvalue weighted by Gasteiger charge is -2.58. The van der Waals surface area contributed by atoms with E-state index in [2.05, 4.69) is 26.8 Å². The molecule has 2 aliphatic rings. The van der Waals surface area contributed by atoms with Crippen LogP contribution in [0, 0.1) is 22.7 Å². The van der Waals surface area contributed by atoms with E-state index in [0.29, 0.717) is 12.5 Å². The van der Waals surface area contributed by atoms with Crippen molar-refractivity contribution in [2.75, 3.05) is 6.61 Å². The maximum atomic E-state index is 12.0. The Hall–Kier alpha value is -2.04. The van der Waals surface area contributed by atoms with Gasteiger partial charge in [0.15, 0.2) is 0 Å². The lowest BCUT2D eigenvalue weighted by molar-refractivity contribution is -0.153. The number of aryl methyl sites for hydroxylation is 1. The number of carbonyl (C=O) groups is 2. The van der Waals surface area contributed by atoms with Gasteiger partial charge in [0.25, 0.3) is 0 Å². The van der Waals surface area contributed by atoms with Gasteiger partial charge in [0, 0.05) is 0 Å². The fourth-order valence-corrected chi connectivity index (χ4v) is 5.79. The zero-order valence-corrected chi connectivity index (χ0v) is 17.9. The molecule has 29 heavy (non-hydrogen) atoms. The minimum Gasteiger partial charge on any atom is -0.481 e. The van der Waals surface area contributed by atoms with Gasteiger partial charge < -0.3 is 14.3 Å². The highest BCUT2D eigenvalue weighted by Crippen LogP contribution is 2.61. The number of hydrogen-bond acceptors (Lipinski definition) is 4. The molecule has 2 aliphatic carbocycles. The number of fused-ring (bicyclic) bond motifs is 1. The molecule has 1 N–H and O–H groups in total. The molecule has 3 rings (SSSR count). The van der Waals surface area contributed by atoms with Crippen LogP contribution in [0.1, 0.15) is 71.3 Å². The maximum absolute atomic E-state index is 12.0. The predicted molar refractivity (Wildman–Crippen MR) is 110 cm³/mol. The number of allylic oxidation sites excluding steroid dienone is 2. The minimum atomic E-state index is -0.968. The molecular weight excluding hydrogens is 368 g/mol. The van der Waals surface area contributed by atoms with Crippen molar-refractivity contribution in [1.82, 2.24) is 0 Å². The summed E-state index contributed by atoms with van der Waals surface area (Å²) in [6.45, 7) is 7.45. The largest absolute Gasteiger partial charge is 0.481 e. The van der Waals surface area contributed by atoms with Crippen LogP contribution in [-0.2, 0) is 20.7 Å².